The van der Waals surface area contributed by atoms with Crippen LogP contribution in [0.3, 0.4) is 0 Å². The van der Waals surface area contributed by atoms with Gasteiger partial charge >= 0.3 is 5.97 Å². The Bertz CT molecular complexity index is 3630. The molecule has 2 aromatic heterocycles. The monoisotopic (exact) mass is 1110 g/mol. The van der Waals surface area contributed by atoms with E-state index in [0.717, 1.165) is 76.7 Å². The van der Waals surface area contributed by atoms with Crippen molar-refractivity contribution in [1.82, 2.24) is 34.7 Å². The van der Waals surface area contributed by atoms with E-state index < -0.39 is 59.4 Å². The molecule has 1 amide bonds. The molecule has 6 N–H and O–H groups in total. The van der Waals surface area contributed by atoms with E-state index in [1.165, 1.54) is 36.8 Å². The first-order valence-electron chi connectivity index (χ1n) is 26.5. The third-order valence-electron chi connectivity index (χ3n) is 14.7. The van der Waals surface area contributed by atoms with Gasteiger partial charge in [0, 0.05) is 56.6 Å². The van der Waals surface area contributed by atoms with Crippen LogP contribution in [0.1, 0.15) is 58.3 Å². The first-order chi connectivity index (χ1) is 39.1. The van der Waals surface area contributed by atoms with E-state index in [-0.39, 0.29) is 48.6 Å². The van der Waals surface area contributed by atoms with Crippen LogP contribution in [0.15, 0.2) is 122 Å². The highest BCUT2D eigenvalue weighted by molar-refractivity contribution is 6.43. The Morgan fingerprint density at radius 3 is 1.48 bits per heavy atom. The maximum atomic E-state index is 14.7. The summed E-state index contributed by atoms with van der Waals surface area (Å²) in [6.45, 7) is 5.79. The number of carbonyl (C=O) groups is 4. The maximum absolute atomic E-state index is 14.7. The van der Waals surface area contributed by atoms with Gasteiger partial charge in [0.15, 0.2) is 34.6 Å². The highest BCUT2D eigenvalue weighted by atomic mass is 19.1. The van der Waals surface area contributed by atoms with E-state index in [9.17, 15) is 38.2 Å². The Hall–Kier alpha value is -8.60. The van der Waals surface area contributed by atoms with Crippen molar-refractivity contribution in [3.63, 3.8) is 0 Å². The number of aliphatic carboxylic acids is 1. The quantitative estimate of drug-likeness (QED) is 0.0531. The normalized spacial score (nSPS) is 16.0. The van der Waals surface area contributed by atoms with Gasteiger partial charge in [-0.1, -0.05) is 60.7 Å². The summed E-state index contributed by atoms with van der Waals surface area (Å²) in [5.41, 5.74) is 12.9. The lowest BCUT2D eigenvalue weighted by Gasteiger charge is -2.36. The first-order valence-corrected chi connectivity index (χ1v) is 26.5. The van der Waals surface area contributed by atoms with Crippen LogP contribution in [-0.4, -0.2) is 146 Å². The fraction of sp³-hybridized carbons (Fsp3) is 0.300. The van der Waals surface area contributed by atoms with Crippen molar-refractivity contribution in [2.45, 2.75) is 37.1 Å². The van der Waals surface area contributed by atoms with Gasteiger partial charge in [0.05, 0.1) is 35.6 Å². The van der Waals surface area contributed by atoms with Crippen LogP contribution in [0.4, 0.5) is 8.78 Å². The van der Waals surface area contributed by atoms with E-state index >= 15 is 0 Å². The number of carbonyl (C=O) groups excluding carboxylic acids is 3. The van der Waals surface area contributed by atoms with Gasteiger partial charge < -0.3 is 55.1 Å². The fourth-order valence-corrected chi connectivity index (χ4v) is 9.91. The van der Waals surface area contributed by atoms with Gasteiger partial charge in [-0.2, -0.15) is 10.2 Å². The molecule has 19 nitrogen and oxygen atoms in total. The number of nitrogens with zero attached hydrogens (tertiary/aromatic N) is 6. The maximum Gasteiger partial charge on any atom is 0.377 e. The summed E-state index contributed by atoms with van der Waals surface area (Å²) in [6, 6.07) is 29.6. The number of ketones is 2. The molecule has 2 saturated heterocycles. The fourth-order valence-electron chi connectivity index (χ4n) is 9.91. The van der Waals surface area contributed by atoms with Gasteiger partial charge in [-0.05, 0) is 121 Å². The molecule has 0 saturated carbocycles. The number of halogens is 2. The zero-order valence-electron chi connectivity index (χ0n) is 44.5. The van der Waals surface area contributed by atoms with Crippen LogP contribution in [0.25, 0.3) is 44.1 Å². The van der Waals surface area contributed by atoms with Crippen molar-refractivity contribution in [2.24, 2.45) is 19.8 Å². The van der Waals surface area contributed by atoms with Crippen LogP contribution in [0, 0.1) is 11.6 Å². The van der Waals surface area contributed by atoms with Gasteiger partial charge in [0.2, 0.25) is 5.78 Å². The molecule has 4 aliphatic rings. The zero-order valence-corrected chi connectivity index (χ0v) is 44.5. The molecule has 0 unspecified atom stereocenters. The number of rotatable bonds is 15. The molecular formula is C60H62F2N8O11. The van der Waals surface area contributed by atoms with Crippen molar-refractivity contribution in [1.29, 1.82) is 0 Å². The largest absolute Gasteiger partial charge is 0.486 e. The number of nitrogens with one attached hydrogen (secondary N) is 1. The number of likely N-dealkylation sites (tertiary alicyclic amines) is 2. The topological polar surface area (TPSA) is 246 Å². The van der Waals surface area contributed by atoms with Crippen molar-refractivity contribution in [3.05, 3.63) is 155 Å². The lowest BCUT2D eigenvalue weighted by atomic mass is 9.98. The molecule has 81 heavy (non-hydrogen) atoms. The number of ether oxygens (including phenoxy) is 4. The molecule has 2 fully saturated rings. The summed E-state index contributed by atoms with van der Waals surface area (Å²) in [5, 5.41) is 43.3. The number of carboxylic acid groups (broad SMARTS) is 1. The molecule has 0 radical (unpaired) electrons. The standard InChI is InChI=1S/C30H29FN4O5.C16H12N2O3.C14H19FN2O3.H2/c1-34-25-8-7-20(13-22(25)16-32-34)18-3-5-19(6-4-18)28(37)30(38)33-24(17-35-9-2-10-35)27(36)21-14-23(31)29-26(15-21)39-11-12-40-29;1-18-14-7-6-12(8-13(14)9-17-18)10-2-4-11(5-3-10)15(19)16(20)21;15-10-6-9(7-12-14(10)20-5-4-19-12)13(18)11(16)8-17-2-1-3-17;/h3-8,13-16,24,27,36H,2,9-12,17H2,1H3,(H,33,38);2-9H,1H3,(H,20,21);6-7,11,13,18H,1-5,8,16H2;1H/t24-,27-;;11-,13-;/m1.1./s1. The molecule has 0 bridgehead atoms. The molecule has 6 aromatic carbocycles. The predicted octanol–water partition coefficient (Wildman–Crippen LogP) is 6.67. The van der Waals surface area contributed by atoms with Gasteiger partial charge in [0.25, 0.3) is 11.7 Å². The minimum atomic E-state index is -1.44. The third kappa shape index (κ3) is 12.6. The second kappa shape index (κ2) is 24.4. The number of benzene rings is 6. The van der Waals surface area contributed by atoms with Crippen LogP contribution in [0.5, 0.6) is 23.0 Å². The number of hydrogen-bond acceptors (Lipinski definition) is 15. The molecular weight excluding hydrogens is 1050 g/mol. The van der Waals surface area contributed by atoms with Crippen molar-refractivity contribution in [3.8, 4) is 45.3 Å². The smallest absolute Gasteiger partial charge is 0.377 e. The number of aliphatic hydroxyl groups excluding tert-OH is 2. The Kier molecular flexibility index (Phi) is 16.8. The highest BCUT2D eigenvalue weighted by Gasteiger charge is 2.32. The van der Waals surface area contributed by atoms with E-state index in [2.05, 4.69) is 25.3 Å². The Labute approximate surface area is 465 Å². The summed E-state index contributed by atoms with van der Waals surface area (Å²) < 4.78 is 53.6. The molecule has 21 heteroatoms. The van der Waals surface area contributed by atoms with Gasteiger partial charge in [0.1, 0.15) is 32.5 Å². The minimum absolute atomic E-state index is 0. The first kappa shape index (κ1) is 55.7. The molecule has 4 atom stereocenters. The summed E-state index contributed by atoms with van der Waals surface area (Å²) in [5.74, 6) is -4.42. The summed E-state index contributed by atoms with van der Waals surface area (Å²) in [4.78, 5) is 52.4. The van der Waals surface area contributed by atoms with E-state index in [1.807, 2.05) is 50.5 Å². The second-order valence-corrected chi connectivity index (χ2v) is 20.2. The number of aliphatic hydroxyl groups is 2. The Morgan fingerprint density at radius 1 is 0.593 bits per heavy atom. The van der Waals surface area contributed by atoms with Gasteiger partial charge in [-0.25, -0.2) is 13.6 Å². The number of fused-ring (bicyclic) bond motifs is 4. The molecule has 6 heterocycles. The van der Waals surface area contributed by atoms with Crippen molar-refractivity contribution in [2.75, 3.05) is 65.7 Å². The SMILES string of the molecule is Cn1ncc2cc(-c3ccc(C(=O)C(=O)N[C@H](CN4CCC4)[C@H](O)c4cc(F)c5c(c4)OCCO5)cc3)ccc21.Cn1ncc2cc(-c3ccc(C(=O)C(=O)O)cc3)ccc21.N[C@H](CN1CCC1)[C@H](O)c1cc(F)c2c(c1)OCCO2.[HH]. The lowest BCUT2D eigenvalue weighted by molar-refractivity contribution is -0.131. The average molecular weight is 1110 g/mol. The zero-order chi connectivity index (χ0) is 56.9. The minimum Gasteiger partial charge on any atom is -0.486 e. The van der Waals surface area contributed by atoms with Gasteiger partial charge in [-0.3, -0.25) is 23.7 Å². The van der Waals surface area contributed by atoms with Crippen molar-refractivity contribution >= 4 is 45.2 Å². The average Bonchev–Trinajstić information content (AvgIpc) is 4.06. The van der Waals surface area contributed by atoms with Gasteiger partial charge in [-0.15, -0.1) is 0 Å². The molecule has 8 aromatic rings. The summed E-state index contributed by atoms with van der Waals surface area (Å²) >= 11 is 0. The Balaban J connectivity index is 0.000000162. The van der Waals surface area contributed by atoms with Crippen LogP contribution in [-0.2, 0) is 23.7 Å². The predicted molar refractivity (Wildman–Crippen MR) is 297 cm³/mol. The summed E-state index contributed by atoms with van der Waals surface area (Å²) in [7, 11) is 3.77. The number of hydrogen-bond donors (Lipinski definition) is 5. The number of nitrogens with two attached hydrogens (primary N) is 1. The second-order valence-electron chi connectivity index (χ2n) is 20.2. The molecule has 0 aliphatic carbocycles. The summed E-state index contributed by atoms with van der Waals surface area (Å²) in [6.07, 6.45) is 3.58. The molecule has 4 aliphatic heterocycles. The number of Topliss-reactive ketones (excluding diaryl/α,β-unsaturated/α-hetero) is 2. The van der Waals surface area contributed by atoms with E-state index in [1.54, 1.807) is 64.2 Å². The Morgan fingerprint density at radius 2 is 1.02 bits per heavy atom. The number of aryl methyl sites for hydroxylation is 2. The molecule has 0 spiro atoms. The molecule has 422 valence electrons. The van der Waals surface area contributed by atoms with Crippen molar-refractivity contribution < 1.29 is 63.7 Å². The number of carboxylic acids is 1. The van der Waals surface area contributed by atoms with E-state index in [4.69, 9.17) is 29.8 Å². The van der Waals surface area contributed by atoms with Crippen LogP contribution >= 0.6 is 0 Å². The number of aromatic nitrogens is 4. The number of amides is 1. The third-order valence-corrected chi connectivity index (χ3v) is 14.7. The van der Waals surface area contributed by atoms with Crippen LogP contribution in [0.2, 0.25) is 0 Å². The lowest BCUT2D eigenvalue weighted by Crippen LogP contribution is -2.52. The van der Waals surface area contributed by atoms with Crippen LogP contribution < -0.4 is 30.0 Å². The highest BCUT2D eigenvalue weighted by Crippen LogP contribution is 2.38. The van der Waals surface area contributed by atoms with E-state index in [0.29, 0.717) is 37.6 Å². The molecule has 12 rings (SSSR count).